The topological polar surface area (TPSA) is 55.8 Å². The van der Waals surface area contributed by atoms with Gasteiger partial charge in [0.1, 0.15) is 19.0 Å². The normalized spacial score (nSPS) is 17.1. The van der Waals surface area contributed by atoms with E-state index in [9.17, 15) is 14.0 Å². The fraction of sp³-hybridized carbons (Fsp3) is 0.294. The molecular formula is C17H16FNO4. The van der Waals surface area contributed by atoms with Gasteiger partial charge in [0.25, 0.3) is 0 Å². The highest BCUT2D eigenvalue weighted by Crippen LogP contribution is 2.16. The first-order valence-electron chi connectivity index (χ1n) is 7.31. The average Bonchev–Trinajstić information content (AvgIpc) is 3.11. The maximum absolute atomic E-state index is 13.0. The van der Waals surface area contributed by atoms with E-state index in [1.165, 1.54) is 12.1 Å². The number of carbonyl (C=O) groups excluding carboxylic acids is 2. The van der Waals surface area contributed by atoms with Crippen LogP contribution < -0.4 is 0 Å². The van der Waals surface area contributed by atoms with E-state index in [1.807, 2.05) is 4.90 Å². The van der Waals surface area contributed by atoms with Gasteiger partial charge in [0.15, 0.2) is 0 Å². The van der Waals surface area contributed by atoms with Crippen molar-refractivity contribution in [2.24, 2.45) is 0 Å². The molecule has 0 saturated heterocycles. The minimum absolute atomic E-state index is 0.281. The van der Waals surface area contributed by atoms with Gasteiger partial charge in [-0.25, -0.2) is 14.0 Å². The molecule has 0 radical (unpaired) electrons. The first kappa shape index (κ1) is 15.4. The number of hydrogen-bond donors (Lipinski definition) is 0. The molecule has 6 heteroatoms. The Labute approximate surface area is 133 Å². The second-order valence-electron chi connectivity index (χ2n) is 5.43. The number of halogens is 1. The number of carbonyl (C=O) groups is 2. The lowest BCUT2D eigenvalue weighted by atomic mass is 10.1. The van der Waals surface area contributed by atoms with Gasteiger partial charge < -0.3 is 9.47 Å². The summed E-state index contributed by atoms with van der Waals surface area (Å²) < 4.78 is 22.8. The lowest BCUT2D eigenvalue weighted by molar-refractivity contribution is -0.136. The molecule has 1 aromatic rings. The molecule has 1 aromatic carbocycles. The van der Waals surface area contributed by atoms with E-state index >= 15 is 0 Å². The number of ether oxygens (including phenoxy) is 2. The van der Waals surface area contributed by atoms with Crippen LogP contribution in [0.25, 0.3) is 0 Å². The van der Waals surface area contributed by atoms with E-state index < -0.39 is 0 Å². The van der Waals surface area contributed by atoms with Gasteiger partial charge in [-0.2, -0.15) is 0 Å². The van der Waals surface area contributed by atoms with Crippen molar-refractivity contribution in [2.75, 3.05) is 26.3 Å². The molecule has 0 aromatic heterocycles. The van der Waals surface area contributed by atoms with Gasteiger partial charge in [0.05, 0.1) is 11.1 Å². The molecular weight excluding hydrogens is 301 g/mol. The number of benzene rings is 1. The molecule has 0 N–H and O–H groups in total. The van der Waals surface area contributed by atoms with Crippen LogP contribution in [-0.2, 0) is 25.6 Å². The summed E-state index contributed by atoms with van der Waals surface area (Å²) in [5, 5.41) is 0. The van der Waals surface area contributed by atoms with Crippen molar-refractivity contribution in [2.45, 2.75) is 6.54 Å². The Balaban J connectivity index is 1.73. The van der Waals surface area contributed by atoms with Crippen molar-refractivity contribution in [1.29, 1.82) is 0 Å². The van der Waals surface area contributed by atoms with Crippen LogP contribution in [0.3, 0.4) is 0 Å². The van der Waals surface area contributed by atoms with Crippen LogP contribution in [0.5, 0.6) is 0 Å². The van der Waals surface area contributed by atoms with Crippen molar-refractivity contribution in [3.8, 4) is 0 Å². The second kappa shape index (κ2) is 6.75. The van der Waals surface area contributed by atoms with Crippen LogP contribution in [0.4, 0.5) is 4.39 Å². The van der Waals surface area contributed by atoms with Crippen molar-refractivity contribution in [3.05, 3.63) is 58.9 Å². The molecule has 120 valence electrons. The summed E-state index contributed by atoms with van der Waals surface area (Å²) >= 11 is 0. The summed E-state index contributed by atoms with van der Waals surface area (Å²) in [5.74, 6) is -0.973. The fourth-order valence-corrected chi connectivity index (χ4v) is 2.54. The molecule has 0 saturated carbocycles. The summed E-state index contributed by atoms with van der Waals surface area (Å²) in [6.45, 7) is 1.77. The molecule has 0 fully saturated rings. The summed E-state index contributed by atoms with van der Waals surface area (Å²) in [7, 11) is 0. The number of hydrogen-bond acceptors (Lipinski definition) is 5. The van der Waals surface area contributed by atoms with Gasteiger partial charge in [-0.3, -0.25) is 4.90 Å². The van der Waals surface area contributed by atoms with Gasteiger partial charge in [0, 0.05) is 19.6 Å². The van der Waals surface area contributed by atoms with Gasteiger partial charge in [-0.15, -0.1) is 0 Å². The van der Waals surface area contributed by atoms with E-state index in [0.717, 1.165) is 5.56 Å². The molecule has 0 amide bonds. The lowest BCUT2D eigenvalue weighted by Gasteiger charge is -2.22. The van der Waals surface area contributed by atoms with Crippen LogP contribution in [0.1, 0.15) is 5.56 Å². The van der Waals surface area contributed by atoms with Crippen molar-refractivity contribution in [3.63, 3.8) is 0 Å². The predicted molar refractivity (Wildman–Crippen MR) is 79.8 cm³/mol. The first-order chi connectivity index (χ1) is 11.1. The Kier molecular flexibility index (Phi) is 4.52. The Morgan fingerprint density at radius 1 is 0.870 bits per heavy atom. The lowest BCUT2D eigenvalue weighted by Crippen LogP contribution is -2.30. The highest BCUT2D eigenvalue weighted by molar-refractivity contribution is 5.91. The number of cyclic esters (lactones) is 2. The Morgan fingerprint density at radius 3 is 1.83 bits per heavy atom. The monoisotopic (exact) mass is 317 g/mol. The van der Waals surface area contributed by atoms with Crippen LogP contribution in [0.2, 0.25) is 0 Å². The molecule has 0 bridgehead atoms. The third-order valence-corrected chi connectivity index (χ3v) is 3.72. The van der Waals surface area contributed by atoms with Crippen molar-refractivity contribution in [1.82, 2.24) is 4.90 Å². The summed E-state index contributed by atoms with van der Waals surface area (Å²) in [6.07, 6.45) is 3.47. The smallest absolute Gasteiger partial charge is 0.335 e. The van der Waals surface area contributed by atoms with E-state index in [1.54, 1.807) is 24.3 Å². The number of esters is 2. The molecule has 2 aliphatic rings. The van der Waals surface area contributed by atoms with E-state index in [4.69, 9.17) is 9.47 Å². The molecule has 0 unspecified atom stereocenters. The highest BCUT2D eigenvalue weighted by Gasteiger charge is 2.24. The van der Waals surface area contributed by atoms with Crippen molar-refractivity contribution >= 4 is 11.9 Å². The van der Waals surface area contributed by atoms with E-state index in [0.29, 0.717) is 30.8 Å². The summed E-state index contributed by atoms with van der Waals surface area (Å²) in [5.41, 5.74) is 2.03. The third kappa shape index (κ3) is 3.84. The van der Waals surface area contributed by atoms with Gasteiger partial charge in [-0.05, 0) is 29.8 Å². The first-order valence-corrected chi connectivity index (χ1v) is 7.31. The molecule has 2 aliphatic heterocycles. The quantitative estimate of drug-likeness (QED) is 0.746. The molecule has 0 aliphatic carbocycles. The standard InChI is InChI=1S/C17H16FNO4/c18-15-3-1-12(2-4-15)9-19(10-13-5-7-22-16(13)20)11-14-6-8-23-17(14)21/h1-6H,7-11H2. The van der Waals surface area contributed by atoms with Crippen LogP contribution in [0.15, 0.2) is 47.6 Å². The maximum Gasteiger partial charge on any atom is 0.335 e. The van der Waals surface area contributed by atoms with Gasteiger partial charge in [-0.1, -0.05) is 12.1 Å². The minimum atomic E-state index is -0.336. The number of nitrogens with zero attached hydrogens (tertiary/aromatic N) is 1. The molecule has 23 heavy (non-hydrogen) atoms. The maximum atomic E-state index is 13.0. The zero-order chi connectivity index (χ0) is 16.2. The average molecular weight is 317 g/mol. The summed E-state index contributed by atoms with van der Waals surface area (Å²) in [6, 6.07) is 6.15. The van der Waals surface area contributed by atoms with Gasteiger partial charge >= 0.3 is 11.9 Å². The van der Waals surface area contributed by atoms with Crippen LogP contribution >= 0.6 is 0 Å². The molecule has 5 nitrogen and oxygen atoms in total. The Morgan fingerprint density at radius 2 is 1.39 bits per heavy atom. The SMILES string of the molecule is O=C1OCC=C1CN(CC1=CCOC1=O)Cc1ccc(F)cc1. The highest BCUT2D eigenvalue weighted by atomic mass is 19.1. The zero-order valence-corrected chi connectivity index (χ0v) is 12.5. The fourth-order valence-electron chi connectivity index (χ4n) is 2.54. The van der Waals surface area contributed by atoms with E-state index in [2.05, 4.69) is 0 Å². The minimum Gasteiger partial charge on any atom is -0.458 e. The molecule has 2 heterocycles. The largest absolute Gasteiger partial charge is 0.458 e. The Bertz CT molecular complexity index is 642. The number of rotatable bonds is 6. The van der Waals surface area contributed by atoms with Crippen LogP contribution in [-0.4, -0.2) is 43.1 Å². The molecule has 0 atom stereocenters. The molecule has 0 spiro atoms. The molecule has 3 rings (SSSR count). The zero-order valence-electron chi connectivity index (χ0n) is 12.5. The van der Waals surface area contributed by atoms with Gasteiger partial charge in [0.2, 0.25) is 0 Å². The summed E-state index contributed by atoms with van der Waals surface area (Å²) in [4.78, 5) is 25.2. The third-order valence-electron chi connectivity index (χ3n) is 3.72. The Hall–Kier alpha value is -2.47. The predicted octanol–water partition coefficient (Wildman–Crippen LogP) is 1.59. The van der Waals surface area contributed by atoms with Crippen molar-refractivity contribution < 1.29 is 23.5 Å². The van der Waals surface area contributed by atoms with Crippen LogP contribution in [0, 0.1) is 5.82 Å². The second-order valence-corrected chi connectivity index (χ2v) is 5.43. The van der Waals surface area contributed by atoms with E-state index in [-0.39, 0.29) is 31.0 Å².